The second kappa shape index (κ2) is 13.4. The fourth-order valence-corrected chi connectivity index (χ4v) is 5.66. The quantitative estimate of drug-likeness (QED) is 0.252. The summed E-state index contributed by atoms with van der Waals surface area (Å²) < 4.78 is 0. The zero-order valence-electron chi connectivity index (χ0n) is 19.0. The van der Waals surface area contributed by atoms with Crippen LogP contribution in [0.3, 0.4) is 0 Å². The Bertz CT molecular complexity index is 430. The van der Waals surface area contributed by atoms with E-state index in [4.69, 9.17) is 0 Å². The largest absolute Gasteiger partial charge is 0.342 e. The summed E-state index contributed by atoms with van der Waals surface area (Å²) in [7, 11) is 1.89. The van der Waals surface area contributed by atoms with Gasteiger partial charge in [-0.05, 0) is 42.6 Å². The Labute approximate surface area is 175 Å². The first-order valence-electron chi connectivity index (χ1n) is 12.5. The van der Waals surface area contributed by atoms with Gasteiger partial charge in [0.2, 0.25) is 5.91 Å². The van der Waals surface area contributed by atoms with Crippen molar-refractivity contribution in [2.24, 2.45) is 23.7 Å². The van der Waals surface area contributed by atoms with Gasteiger partial charge in [-0.25, -0.2) is 0 Å². The number of rotatable bonds is 12. The minimum atomic E-state index is 0.0544. The Morgan fingerprint density at radius 3 is 1.64 bits per heavy atom. The summed E-state index contributed by atoms with van der Waals surface area (Å²) >= 11 is 0. The van der Waals surface area contributed by atoms with Crippen molar-refractivity contribution in [2.45, 2.75) is 110 Å². The Morgan fingerprint density at radius 1 is 0.786 bits per heavy atom. The molecule has 0 aliphatic heterocycles. The second-order valence-corrected chi connectivity index (χ2v) is 9.95. The molecule has 0 aromatic rings. The molecular formula is C26H47NO. The van der Waals surface area contributed by atoms with Gasteiger partial charge in [-0.1, -0.05) is 103 Å². The number of nitrogens with zero attached hydrogens (tertiary/aromatic N) is 1. The molecule has 0 unspecified atom stereocenters. The Balaban J connectivity index is 1.50. The van der Waals surface area contributed by atoms with Crippen LogP contribution >= 0.6 is 0 Å². The van der Waals surface area contributed by atoms with Crippen LogP contribution in [0.2, 0.25) is 0 Å². The first kappa shape index (κ1) is 23.5. The number of carbonyl (C=O) groups is 1. The maximum absolute atomic E-state index is 11.5. The highest BCUT2D eigenvalue weighted by atomic mass is 16.2. The van der Waals surface area contributed by atoms with Crippen molar-refractivity contribution in [2.75, 3.05) is 13.6 Å². The van der Waals surface area contributed by atoms with Gasteiger partial charge >= 0.3 is 0 Å². The predicted octanol–water partition coefficient (Wildman–Crippen LogP) is 7.38. The van der Waals surface area contributed by atoms with Gasteiger partial charge in [-0.3, -0.25) is 4.79 Å². The average Bonchev–Trinajstić information content (AvgIpc) is 2.73. The van der Waals surface area contributed by atoms with E-state index in [1.807, 2.05) is 7.05 Å². The van der Waals surface area contributed by atoms with Crippen molar-refractivity contribution in [3.8, 4) is 0 Å². The fourth-order valence-electron chi connectivity index (χ4n) is 5.66. The molecule has 2 heteroatoms. The summed E-state index contributed by atoms with van der Waals surface area (Å²) in [5, 5.41) is 0. The molecule has 2 rings (SSSR count). The highest BCUT2D eigenvalue weighted by Gasteiger charge is 2.24. The molecule has 2 aliphatic carbocycles. The molecule has 2 aliphatic rings. The van der Waals surface area contributed by atoms with Gasteiger partial charge < -0.3 is 4.90 Å². The topological polar surface area (TPSA) is 20.3 Å². The van der Waals surface area contributed by atoms with Crippen molar-refractivity contribution >= 4 is 5.91 Å². The second-order valence-electron chi connectivity index (χ2n) is 9.95. The highest BCUT2D eigenvalue weighted by molar-refractivity contribution is 5.86. The minimum absolute atomic E-state index is 0.0544. The Morgan fingerprint density at radius 2 is 1.21 bits per heavy atom. The molecule has 0 spiro atoms. The van der Waals surface area contributed by atoms with E-state index in [0.29, 0.717) is 0 Å². The van der Waals surface area contributed by atoms with E-state index in [1.54, 1.807) is 4.90 Å². The molecule has 162 valence electrons. The van der Waals surface area contributed by atoms with Crippen molar-refractivity contribution < 1.29 is 4.79 Å². The molecule has 0 heterocycles. The summed E-state index contributed by atoms with van der Waals surface area (Å²) in [5.74, 6) is 4.06. The van der Waals surface area contributed by atoms with Crippen LogP contribution in [0.25, 0.3) is 0 Å². The zero-order chi connectivity index (χ0) is 20.2. The van der Waals surface area contributed by atoms with E-state index >= 15 is 0 Å². The maximum Gasteiger partial charge on any atom is 0.245 e. The lowest BCUT2D eigenvalue weighted by molar-refractivity contribution is -0.124. The molecule has 2 nitrogen and oxygen atoms in total. The number of hydrogen-bond donors (Lipinski definition) is 0. The highest BCUT2D eigenvalue weighted by Crippen LogP contribution is 2.38. The number of hydrogen-bond acceptors (Lipinski definition) is 1. The van der Waals surface area contributed by atoms with Crippen LogP contribution in [0.15, 0.2) is 12.7 Å². The lowest BCUT2D eigenvalue weighted by Crippen LogP contribution is -2.26. The van der Waals surface area contributed by atoms with Crippen LogP contribution in [0.4, 0.5) is 0 Å². The summed E-state index contributed by atoms with van der Waals surface area (Å²) in [6.07, 6.45) is 24.5. The van der Waals surface area contributed by atoms with E-state index in [-0.39, 0.29) is 5.91 Å². The standard InChI is InChI=1S/C26H47NO/c1-4-6-7-9-22-11-15-24(16-12-22)19-20-25-17-13-23(14-18-25)10-8-21-27(3)26(28)5-2/h5,22-25H,2,4,6-21H2,1,3H3. The molecule has 28 heavy (non-hydrogen) atoms. The summed E-state index contributed by atoms with van der Waals surface area (Å²) in [6, 6.07) is 0. The molecule has 0 atom stereocenters. The van der Waals surface area contributed by atoms with Crippen molar-refractivity contribution in [1.29, 1.82) is 0 Å². The van der Waals surface area contributed by atoms with E-state index in [0.717, 1.165) is 36.6 Å². The van der Waals surface area contributed by atoms with Crippen molar-refractivity contribution in [1.82, 2.24) is 4.90 Å². The van der Waals surface area contributed by atoms with Gasteiger partial charge in [-0.2, -0.15) is 0 Å². The number of carbonyl (C=O) groups excluding carboxylic acids is 1. The van der Waals surface area contributed by atoms with E-state index in [2.05, 4.69) is 13.5 Å². The smallest absolute Gasteiger partial charge is 0.245 e. The number of amides is 1. The number of likely N-dealkylation sites (N-methyl/N-ethyl adjacent to an activating group) is 1. The van der Waals surface area contributed by atoms with Crippen LogP contribution in [0, 0.1) is 23.7 Å². The monoisotopic (exact) mass is 389 g/mol. The van der Waals surface area contributed by atoms with Gasteiger partial charge in [0.1, 0.15) is 0 Å². The van der Waals surface area contributed by atoms with Gasteiger partial charge in [0.05, 0.1) is 0 Å². The normalized spacial score (nSPS) is 28.1. The van der Waals surface area contributed by atoms with Gasteiger partial charge in [-0.15, -0.1) is 0 Å². The molecule has 0 bridgehead atoms. The maximum atomic E-state index is 11.5. The third-order valence-corrected chi connectivity index (χ3v) is 7.79. The summed E-state index contributed by atoms with van der Waals surface area (Å²) in [4.78, 5) is 13.3. The van der Waals surface area contributed by atoms with Crippen LogP contribution in [-0.4, -0.2) is 24.4 Å². The number of unbranched alkanes of at least 4 members (excludes halogenated alkanes) is 2. The first-order valence-corrected chi connectivity index (χ1v) is 12.5. The molecule has 1 amide bonds. The van der Waals surface area contributed by atoms with Crippen molar-refractivity contribution in [3.05, 3.63) is 12.7 Å². The zero-order valence-corrected chi connectivity index (χ0v) is 19.0. The van der Waals surface area contributed by atoms with Gasteiger partial charge in [0.25, 0.3) is 0 Å². The minimum Gasteiger partial charge on any atom is -0.342 e. The van der Waals surface area contributed by atoms with Gasteiger partial charge in [0, 0.05) is 13.6 Å². The molecule has 0 aromatic carbocycles. The Hall–Kier alpha value is -0.790. The lowest BCUT2D eigenvalue weighted by Gasteiger charge is -2.32. The first-order chi connectivity index (χ1) is 13.6. The van der Waals surface area contributed by atoms with E-state index in [9.17, 15) is 4.79 Å². The lowest BCUT2D eigenvalue weighted by atomic mass is 9.74. The molecule has 0 radical (unpaired) electrons. The summed E-state index contributed by atoms with van der Waals surface area (Å²) in [5.41, 5.74) is 0. The van der Waals surface area contributed by atoms with E-state index in [1.165, 1.54) is 102 Å². The SMILES string of the molecule is C=CC(=O)N(C)CCCC1CCC(CCC2CCC(CCCCC)CC2)CC1. The average molecular weight is 390 g/mol. The van der Waals surface area contributed by atoms with E-state index < -0.39 is 0 Å². The van der Waals surface area contributed by atoms with Crippen LogP contribution < -0.4 is 0 Å². The van der Waals surface area contributed by atoms with Crippen molar-refractivity contribution in [3.63, 3.8) is 0 Å². The van der Waals surface area contributed by atoms with Crippen LogP contribution in [-0.2, 0) is 4.79 Å². The van der Waals surface area contributed by atoms with Crippen LogP contribution in [0.1, 0.15) is 110 Å². The predicted molar refractivity (Wildman–Crippen MR) is 121 cm³/mol. The third kappa shape index (κ3) is 8.70. The molecule has 2 fully saturated rings. The molecule has 0 N–H and O–H groups in total. The van der Waals surface area contributed by atoms with Crippen LogP contribution in [0.5, 0.6) is 0 Å². The molecular weight excluding hydrogens is 342 g/mol. The Kier molecular flexibility index (Phi) is 11.3. The molecule has 0 aromatic heterocycles. The summed E-state index contributed by atoms with van der Waals surface area (Å²) in [6.45, 7) is 6.76. The fraction of sp³-hybridized carbons (Fsp3) is 0.885. The van der Waals surface area contributed by atoms with Gasteiger partial charge in [0.15, 0.2) is 0 Å². The molecule has 0 saturated heterocycles. The third-order valence-electron chi connectivity index (χ3n) is 7.79. The molecule has 2 saturated carbocycles.